The summed E-state index contributed by atoms with van der Waals surface area (Å²) in [5, 5.41) is 0. The van der Waals surface area contributed by atoms with E-state index in [4.69, 9.17) is 30.1 Å². The van der Waals surface area contributed by atoms with Crippen molar-refractivity contribution >= 4 is 30.4 Å². The predicted molar refractivity (Wildman–Crippen MR) is 91.5 cm³/mol. The van der Waals surface area contributed by atoms with Crippen LogP contribution in [0.2, 0.25) is 0 Å². The van der Waals surface area contributed by atoms with Crippen LogP contribution < -0.4 is 0 Å². The quantitative estimate of drug-likeness (QED) is 0.265. The van der Waals surface area contributed by atoms with Crippen LogP contribution in [-0.2, 0) is 135 Å². The fraction of sp³-hybridized carbons (Fsp3) is 0.714. The molecule has 26 heavy (non-hydrogen) atoms. The topological polar surface area (TPSA) is 81.7 Å². The molecule has 0 aromatic rings. The average molecular weight is 617 g/mol. The Labute approximate surface area is 253 Å². The molecule has 2 amide bonds. The first-order chi connectivity index (χ1) is 9.78. The van der Waals surface area contributed by atoms with Gasteiger partial charge in [-0.2, -0.15) is 12.8 Å². The molecule has 0 aliphatic heterocycles. The Balaban J connectivity index is -0.0000000152. The fourth-order valence-corrected chi connectivity index (χ4v) is 0.454. The van der Waals surface area contributed by atoms with Gasteiger partial charge in [0.1, 0.15) is 0 Å². The summed E-state index contributed by atoms with van der Waals surface area (Å²) in [7, 11) is 9.78. The molecular formula is C14H30Cl2N2O2Ti6-2. The first-order valence-corrected chi connectivity index (χ1v) is 11.1. The Bertz CT molecular complexity index is 180. The minimum atomic E-state index is -0.556. The maximum Gasteiger partial charge on any atom is 2.00 e. The molecule has 0 atom stereocenters. The molecule has 0 rings (SSSR count). The van der Waals surface area contributed by atoms with Crippen LogP contribution in [0.1, 0.15) is 66.2 Å². The molecule has 148 valence electrons. The van der Waals surface area contributed by atoms with Crippen molar-refractivity contribution in [1.82, 2.24) is 0 Å². The molecule has 0 bridgehead atoms. The van der Waals surface area contributed by atoms with Gasteiger partial charge in [-0.15, -0.1) is 0 Å². The van der Waals surface area contributed by atoms with Crippen LogP contribution in [0.4, 0.5) is 0 Å². The smallest absolute Gasteiger partial charge is 0 e. The molecule has 0 saturated heterocycles. The molecule has 0 heterocycles. The second-order valence-electron chi connectivity index (χ2n) is 3.42. The monoisotopic (exact) mass is 616 g/mol. The number of carbonyl (C=O) groups is 2. The molecule has 4 nitrogen and oxygen atoms in total. The van der Waals surface area contributed by atoms with Crippen LogP contribution >= 0.6 is 18.6 Å². The van der Waals surface area contributed by atoms with Gasteiger partial charge >= 0.3 is 57.4 Å². The van der Waals surface area contributed by atoms with Gasteiger partial charge in [0.2, 0.25) is 0 Å². The van der Waals surface area contributed by atoms with E-state index in [0.717, 1.165) is 25.7 Å². The second-order valence-corrected chi connectivity index (χ2v) is 6.00. The largest absolute Gasteiger partial charge is 2.00 e. The van der Waals surface area contributed by atoms with Gasteiger partial charge in [0.15, 0.2) is 0 Å². The first kappa shape index (κ1) is 63.0. The Hall–Kier alpha value is 3.81. The van der Waals surface area contributed by atoms with Crippen molar-refractivity contribution in [2.75, 3.05) is 0 Å². The van der Waals surface area contributed by atoms with Crippen molar-refractivity contribution in [3.05, 3.63) is 25.3 Å². The van der Waals surface area contributed by atoms with E-state index in [1.165, 1.54) is 0 Å². The minimum Gasteiger partial charge on any atom is 0 e. The first-order valence-electron chi connectivity index (χ1n) is 6.82. The van der Waals surface area contributed by atoms with Crippen LogP contribution in [-0.4, -0.2) is 11.8 Å². The summed E-state index contributed by atoms with van der Waals surface area (Å²) in [6.45, 7) is 14.8. The van der Waals surface area contributed by atoms with E-state index in [1.807, 2.05) is 27.7 Å². The summed E-state index contributed by atoms with van der Waals surface area (Å²) < 4.78 is 0. The van der Waals surface area contributed by atoms with E-state index in [9.17, 15) is 9.59 Å². The summed E-state index contributed by atoms with van der Waals surface area (Å²) in [6.07, 6.45) is 4.39. The molecule has 0 aliphatic rings. The molecule has 0 aromatic carbocycles. The van der Waals surface area contributed by atoms with Gasteiger partial charge < -0.3 is 34.9 Å². The molecule has 2 N–H and O–H groups in total. The number of halogens is 2. The number of hydrogen-bond acceptors (Lipinski definition) is 2. The summed E-state index contributed by atoms with van der Waals surface area (Å²) in [5.41, 5.74) is 12.7. The SMILES string of the molecule is CCCC([NH-])=O.CCCC([NH-])=O.[CH2-]CC.[CH2-]CC.[Cl][Ti][Cl].[Ti+2].[Ti].[Ti].[Ti].[Ti]. The Morgan fingerprint density at radius 3 is 0.885 bits per heavy atom. The van der Waals surface area contributed by atoms with Gasteiger partial charge in [0.05, 0.1) is 0 Å². The van der Waals surface area contributed by atoms with E-state index >= 15 is 0 Å². The molecular weight excluding hydrogens is 586 g/mol. The van der Waals surface area contributed by atoms with Crippen molar-refractivity contribution in [1.29, 1.82) is 0 Å². The third kappa shape index (κ3) is 208. The maximum absolute atomic E-state index is 9.71. The normalized spacial score (nSPS) is 5.69. The molecule has 0 saturated carbocycles. The Morgan fingerprint density at radius 2 is 0.885 bits per heavy atom. The molecule has 0 aromatic heterocycles. The molecule has 12 heteroatoms. The fourth-order valence-electron chi connectivity index (χ4n) is 0.454. The number of carbonyl (C=O) groups excluding carboxylic acids is 2. The van der Waals surface area contributed by atoms with Crippen molar-refractivity contribution in [3.8, 4) is 0 Å². The van der Waals surface area contributed by atoms with E-state index < -0.39 is 28.8 Å². The molecule has 0 spiro atoms. The summed E-state index contributed by atoms with van der Waals surface area (Å²) in [5.74, 6) is -0.921. The zero-order chi connectivity index (χ0) is 18.1. The van der Waals surface area contributed by atoms with Crippen LogP contribution in [0.5, 0.6) is 0 Å². The van der Waals surface area contributed by atoms with E-state index in [-0.39, 0.29) is 109 Å². The molecule has 0 unspecified atom stereocenters. The van der Waals surface area contributed by atoms with Gasteiger partial charge in [0, 0.05) is 98.7 Å². The predicted octanol–water partition coefficient (Wildman–Crippen LogP) is 6.56. The van der Waals surface area contributed by atoms with Crippen LogP contribution in [0, 0.1) is 13.8 Å². The van der Waals surface area contributed by atoms with Gasteiger partial charge in [-0.3, -0.25) is 0 Å². The maximum atomic E-state index is 9.71. The van der Waals surface area contributed by atoms with E-state index in [2.05, 4.69) is 13.8 Å². The molecule has 0 fully saturated rings. The zero-order valence-electron chi connectivity index (χ0n) is 16.2. The van der Waals surface area contributed by atoms with Crippen LogP contribution in [0.15, 0.2) is 0 Å². The van der Waals surface area contributed by atoms with Gasteiger partial charge in [-0.1, -0.05) is 40.5 Å². The molecule has 0 aliphatic carbocycles. The van der Waals surface area contributed by atoms with Crippen molar-refractivity contribution in [2.24, 2.45) is 0 Å². The van der Waals surface area contributed by atoms with E-state index in [1.54, 1.807) is 0 Å². The van der Waals surface area contributed by atoms with Gasteiger partial charge in [0.25, 0.3) is 0 Å². The van der Waals surface area contributed by atoms with Crippen LogP contribution in [0.25, 0.3) is 11.5 Å². The average Bonchev–Trinajstić information content (AvgIpc) is 2.32. The second kappa shape index (κ2) is 78.9. The van der Waals surface area contributed by atoms with Crippen LogP contribution in [0.3, 0.4) is 0 Å². The Morgan fingerprint density at radius 1 is 0.769 bits per heavy atom. The summed E-state index contributed by atoms with van der Waals surface area (Å²) in [4.78, 5) is 19.4. The minimum absolute atomic E-state index is 0. The zero-order valence-corrected chi connectivity index (χ0v) is 27.1. The third-order valence-corrected chi connectivity index (χ3v) is 0.954. The van der Waals surface area contributed by atoms with Gasteiger partial charge in [-0.25, -0.2) is 0 Å². The summed E-state index contributed by atoms with van der Waals surface area (Å²) in [6, 6.07) is 0. The van der Waals surface area contributed by atoms with Crippen molar-refractivity contribution in [3.63, 3.8) is 0 Å². The van der Waals surface area contributed by atoms with E-state index in [0.29, 0.717) is 12.8 Å². The molecule has 0 radical (unpaired) electrons. The number of nitrogens with one attached hydrogen (secondary N) is 2. The standard InChI is InChI=1S/2C4H9NO.2C3H7.2ClH.6Ti/c2*1-2-3-4(5)6;2*1-3-2;;;;;;;;/h2*2-3H2,1H3,(H2,5,6);2*1,3H2,2H3;2*1H;;;;;;/q;;2*-1;;;;;;;2*+2/p-4. The van der Waals surface area contributed by atoms with Gasteiger partial charge in [-0.05, 0) is 12.8 Å². The Kier molecular flexibility index (Phi) is 191. The third-order valence-electron chi connectivity index (χ3n) is 0.954. The number of hydrogen-bond donors (Lipinski definition) is 0. The van der Waals surface area contributed by atoms with Crippen molar-refractivity contribution in [2.45, 2.75) is 66.2 Å². The summed E-state index contributed by atoms with van der Waals surface area (Å²) >= 11 is -0.556. The van der Waals surface area contributed by atoms with Crippen molar-refractivity contribution < 1.29 is 135 Å². The number of amides is 2. The number of rotatable bonds is 4.